The van der Waals surface area contributed by atoms with E-state index in [1.807, 2.05) is 12.1 Å². The lowest BCUT2D eigenvalue weighted by Crippen LogP contribution is -2.29. The molecule has 2 heterocycles. The summed E-state index contributed by atoms with van der Waals surface area (Å²) in [6, 6.07) is 6.95. The van der Waals surface area contributed by atoms with Crippen LogP contribution in [0.1, 0.15) is 51.0 Å². The van der Waals surface area contributed by atoms with Crippen LogP contribution in [0.3, 0.4) is 0 Å². The molecular weight excluding hydrogens is 250 g/mol. The predicted octanol–water partition coefficient (Wildman–Crippen LogP) is 3.44. The van der Waals surface area contributed by atoms with E-state index in [2.05, 4.69) is 29.8 Å². The van der Waals surface area contributed by atoms with Crippen molar-refractivity contribution in [2.45, 2.75) is 45.2 Å². The fraction of sp³-hybridized carbons (Fsp3) is 0.562. The average molecular weight is 273 g/mol. The van der Waals surface area contributed by atoms with Crippen molar-refractivity contribution in [2.24, 2.45) is 0 Å². The van der Waals surface area contributed by atoms with Crippen molar-refractivity contribution in [2.75, 3.05) is 13.7 Å². The Kier molecular flexibility index (Phi) is 3.66. The van der Waals surface area contributed by atoms with Gasteiger partial charge in [-0.05, 0) is 45.4 Å². The molecule has 1 N–H and O–H groups in total. The van der Waals surface area contributed by atoms with Crippen molar-refractivity contribution in [1.29, 1.82) is 0 Å². The second-order valence-corrected chi connectivity index (χ2v) is 5.79. The van der Waals surface area contributed by atoms with Crippen LogP contribution in [0.2, 0.25) is 0 Å². The van der Waals surface area contributed by atoms with Gasteiger partial charge < -0.3 is 14.6 Å². The second kappa shape index (κ2) is 5.44. The van der Waals surface area contributed by atoms with Crippen LogP contribution >= 0.6 is 0 Å². The lowest BCUT2D eigenvalue weighted by Gasteiger charge is -2.25. The first kappa shape index (κ1) is 13.4. The van der Waals surface area contributed by atoms with E-state index in [1.54, 1.807) is 7.11 Å². The van der Waals surface area contributed by atoms with Crippen molar-refractivity contribution in [3.8, 4) is 5.75 Å². The van der Waals surface area contributed by atoms with Crippen LogP contribution in [-0.4, -0.2) is 23.2 Å². The topological polar surface area (TPSA) is 39.1 Å². The van der Waals surface area contributed by atoms with Crippen LogP contribution < -0.4 is 10.1 Å². The van der Waals surface area contributed by atoms with E-state index in [-0.39, 0.29) is 0 Å². The third-order valence-corrected chi connectivity index (χ3v) is 4.06. The van der Waals surface area contributed by atoms with Gasteiger partial charge in [-0.15, -0.1) is 0 Å². The van der Waals surface area contributed by atoms with Crippen LogP contribution in [0.25, 0.3) is 11.0 Å². The van der Waals surface area contributed by atoms with Gasteiger partial charge in [0.2, 0.25) is 0 Å². The highest BCUT2D eigenvalue weighted by molar-refractivity contribution is 5.78. The molecule has 1 atom stereocenters. The number of nitrogens with zero attached hydrogens (tertiary/aromatic N) is 2. The Labute approximate surface area is 120 Å². The number of hydrogen-bond donors (Lipinski definition) is 1. The number of aromatic nitrogens is 2. The molecular formula is C16H23N3O. The highest BCUT2D eigenvalue weighted by Gasteiger charge is 2.23. The van der Waals surface area contributed by atoms with Crippen LogP contribution in [0.4, 0.5) is 0 Å². The normalized spacial score (nSPS) is 19.7. The fourth-order valence-electron chi connectivity index (χ4n) is 3.08. The summed E-state index contributed by atoms with van der Waals surface area (Å²) in [5, 5.41) is 3.61. The largest absolute Gasteiger partial charge is 0.497 e. The molecule has 1 fully saturated rings. The zero-order valence-corrected chi connectivity index (χ0v) is 12.5. The van der Waals surface area contributed by atoms with Gasteiger partial charge in [-0.25, -0.2) is 4.98 Å². The van der Waals surface area contributed by atoms with Gasteiger partial charge in [0.25, 0.3) is 0 Å². The molecule has 4 heteroatoms. The quantitative estimate of drug-likeness (QED) is 0.931. The zero-order valence-electron chi connectivity index (χ0n) is 12.5. The van der Waals surface area contributed by atoms with Crippen molar-refractivity contribution in [1.82, 2.24) is 14.9 Å². The summed E-state index contributed by atoms with van der Waals surface area (Å²) < 4.78 is 7.67. The molecule has 1 aromatic carbocycles. The number of rotatable bonds is 3. The number of hydrogen-bond acceptors (Lipinski definition) is 3. The molecule has 1 saturated heterocycles. The Bertz CT molecular complexity index is 597. The van der Waals surface area contributed by atoms with Crippen LogP contribution in [0.5, 0.6) is 5.75 Å². The molecule has 0 spiro atoms. The summed E-state index contributed by atoms with van der Waals surface area (Å²) in [5.41, 5.74) is 2.23. The minimum atomic E-state index is 0.379. The van der Waals surface area contributed by atoms with E-state index in [4.69, 9.17) is 9.72 Å². The predicted molar refractivity (Wildman–Crippen MR) is 81.3 cm³/mol. The summed E-state index contributed by atoms with van der Waals surface area (Å²) in [7, 11) is 1.70. The summed E-state index contributed by atoms with van der Waals surface area (Å²) >= 11 is 0. The van der Waals surface area contributed by atoms with Crippen molar-refractivity contribution >= 4 is 11.0 Å². The molecule has 0 amide bonds. The van der Waals surface area contributed by atoms with Gasteiger partial charge >= 0.3 is 0 Å². The molecule has 4 nitrogen and oxygen atoms in total. The number of methoxy groups -OCH3 is 1. The van der Waals surface area contributed by atoms with Gasteiger partial charge in [-0.1, -0.05) is 6.42 Å². The molecule has 0 saturated carbocycles. The van der Waals surface area contributed by atoms with E-state index < -0.39 is 0 Å². The molecule has 20 heavy (non-hydrogen) atoms. The molecule has 2 aromatic rings. The standard InChI is InChI=1S/C16H23N3O/c1-11(2)19-15-8-7-12(20-3)10-14(15)18-16(19)13-6-4-5-9-17-13/h7-8,10-11,13,17H,4-6,9H2,1-3H3. The Morgan fingerprint density at radius 2 is 2.20 bits per heavy atom. The fourth-order valence-corrected chi connectivity index (χ4v) is 3.08. The maximum atomic E-state index is 5.31. The highest BCUT2D eigenvalue weighted by atomic mass is 16.5. The minimum absolute atomic E-state index is 0.379. The zero-order chi connectivity index (χ0) is 14.1. The first-order chi connectivity index (χ1) is 9.70. The molecule has 108 valence electrons. The monoisotopic (exact) mass is 273 g/mol. The summed E-state index contributed by atoms with van der Waals surface area (Å²) in [6.07, 6.45) is 3.72. The Balaban J connectivity index is 2.11. The third kappa shape index (κ3) is 2.29. The maximum absolute atomic E-state index is 5.31. The van der Waals surface area contributed by atoms with Gasteiger partial charge in [0.15, 0.2) is 0 Å². The molecule has 1 aliphatic heterocycles. The Morgan fingerprint density at radius 3 is 2.85 bits per heavy atom. The molecule has 1 unspecified atom stereocenters. The number of piperidine rings is 1. The third-order valence-electron chi connectivity index (χ3n) is 4.06. The summed E-state index contributed by atoms with van der Waals surface area (Å²) in [5.74, 6) is 2.04. The number of ether oxygens (including phenoxy) is 1. The van der Waals surface area contributed by atoms with Crippen molar-refractivity contribution < 1.29 is 4.74 Å². The van der Waals surface area contributed by atoms with Crippen LogP contribution in [0.15, 0.2) is 18.2 Å². The molecule has 3 rings (SSSR count). The second-order valence-electron chi connectivity index (χ2n) is 5.79. The highest BCUT2D eigenvalue weighted by Crippen LogP contribution is 2.30. The number of fused-ring (bicyclic) bond motifs is 1. The SMILES string of the molecule is COc1ccc2c(c1)nc(C1CCCCN1)n2C(C)C. The molecule has 0 aliphatic carbocycles. The number of benzene rings is 1. The van der Waals surface area contributed by atoms with Gasteiger partial charge in [-0.3, -0.25) is 0 Å². The van der Waals surface area contributed by atoms with Crippen molar-refractivity contribution in [3.05, 3.63) is 24.0 Å². The van der Waals surface area contributed by atoms with E-state index in [1.165, 1.54) is 30.6 Å². The maximum Gasteiger partial charge on any atom is 0.127 e. The van der Waals surface area contributed by atoms with Crippen LogP contribution in [0, 0.1) is 0 Å². The first-order valence-corrected chi connectivity index (χ1v) is 7.50. The van der Waals surface area contributed by atoms with Gasteiger partial charge in [0, 0.05) is 12.1 Å². The number of nitrogens with one attached hydrogen (secondary N) is 1. The molecule has 0 radical (unpaired) electrons. The van der Waals surface area contributed by atoms with Gasteiger partial charge in [0.05, 0.1) is 24.2 Å². The molecule has 0 bridgehead atoms. The number of imidazole rings is 1. The average Bonchev–Trinajstić information content (AvgIpc) is 2.86. The van der Waals surface area contributed by atoms with Crippen LogP contribution in [-0.2, 0) is 0 Å². The van der Waals surface area contributed by atoms with E-state index in [0.29, 0.717) is 12.1 Å². The van der Waals surface area contributed by atoms with Gasteiger partial charge in [-0.2, -0.15) is 0 Å². The Morgan fingerprint density at radius 1 is 1.35 bits per heavy atom. The lowest BCUT2D eigenvalue weighted by atomic mass is 10.0. The van der Waals surface area contributed by atoms with Crippen molar-refractivity contribution in [3.63, 3.8) is 0 Å². The van der Waals surface area contributed by atoms with E-state index in [0.717, 1.165) is 17.8 Å². The lowest BCUT2D eigenvalue weighted by molar-refractivity contribution is 0.380. The summed E-state index contributed by atoms with van der Waals surface area (Å²) in [6.45, 7) is 5.53. The molecule has 1 aliphatic rings. The molecule has 1 aromatic heterocycles. The first-order valence-electron chi connectivity index (χ1n) is 7.50. The Hall–Kier alpha value is -1.55. The minimum Gasteiger partial charge on any atom is -0.497 e. The van der Waals surface area contributed by atoms with E-state index >= 15 is 0 Å². The van der Waals surface area contributed by atoms with E-state index in [9.17, 15) is 0 Å². The summed E-state index contributed by atoms with van der Waals surface area (Å²) in [4.78, 5) is 4.89. The van der Waals surface area contributed by atoms with Gasteiger partial charge in [0.1, 0.15) is 11.6 Å². The smallest absolute Gasteiger partial charge is 0.127 e.